The van der Waals surface area contributed by atoms with Gasteiger partial charge >= 0.3 is 5.97 Å². The van der Waals surface area contributed by atoms with E-state index < -0.39 is 17.9 Å². The van der Waals surface area contributed by atoms with E-state index in [0.717, 1.165) is 11.6 Å². The molecule has 94 valence electrons. The number of benzene rings is 1. The highest BCUT2D eigenvalue weighted by atomic mass is 19.1. The van der Waals surface area contributed by atoms with Crippen molar-refractivity contribution in [3.63, 3.8) is 0 Å². The minimum atomic E-state index is -1.43. The normalized spacial score (nSPS) is 12.6. The molecule has 0 saturated carbocycles. The Labute approximate surface area is 100 Å². The lowest BCUT2D eigenvalue weighted by Gasteiger charge is -2.13. The summed E-state index contributed by atoms with van der Waals surface area (Å²) in [5.74, 6) is -1.10. The molecule has 0 amide bonds. The van der Waals surface area contributed by atoms with Gasteiger partial charge in [0.05, 0.1) is 6.61 Å². The van der Waals surface area contributed by atoms with Crippen LogP contribution in [0.25, 0.3) is 0 Å². The number of carbonyl (C=O) groups is 1. The summed E-state index contributed by atoms with van der Waals surface area (Å²) in [4.78, 5) is 11.3. The molecule has 0 bridgehead atoms. The molecule has 0 spiro atoms. The van der Waals surface area contributed by atoms with E-state index in [1.165, 1.54) is 6.07 Å². The average molecular weight is 240 g/mol. The number of carbonyl (C=O) groups excluding carboxylic acids is 1. The zero-order valence-electron chi connectivity index (χ0n) is 10.2. The molecule has 1 aromatic carbocycles. The van der Waals surface area contributed by atoms with Gasteiger partial charge in [0.15, 0.2) is 6.10 Å². The van der Waals surface area contributed by atoms with Gasteiger partial charge in [-0.05, 0) is 36.1 Å². The monoisotopic (exact) mass is 240 g/mol. The summed E-state index contributed by atoms with van der Waals surface area (Å²) in [5, 5.41) is 9.71. The molecule has 1 atom stereocenters. The Morgan fingerprint density at radius 1 is 1.35 bits per heavy atom. The van der Waals surface area contributed by atoms with Crippen LogP contribution in [-0.4, -0.2) is 17.7 Å². The van der Waals surface area contributed by atoms with Gasteiger partial charge in [-0.3, -0.25) is 0 Å². The summed E-state index contributed by atoms with van der Waals surface area (Å²) in [5.41, 5.74) is 0.968. The molecule has 0 heterocycles. The fraction of sp³-hybridized carbons (Fsp3) is 0.462. The van der Waals surface area contributed by atoms with Gasteiger partial charge in [-0.15, -0.1) is 0 Å². The van der Waals surface area contributed by atoms with E-state index in [0.29, 0.717) is 0 Å². The molecule has 0 fully saturated rings. The zero-order valence-corrected chi connectivity index (χ0v) is 10.2. The van der Waals surface area contributed by atoms with Crippen molar-refractivity contribution < 1.29 is 19.0 Å². The third kappa shape index (κ3) is 3.53. The van der Waals surface area contributed by atoms with Crippen LogP contribution in [0.4, 0.5) is 4.39 Å². The van der Waals surface area contributed by atoms with E-state index >= 15 is 0 Å². The van der Waals surface area contributed by atoms with Crippen LogP contribution in [0.5, 0.6) is 0 Å². The van der Waals surface area contributed by atoms with Crippen LogP contribution >= 0.6 is 0 Å². The van der Waals surface area contributed by atoms with Crippen LogP contribution in [0.2, 0.25) is 0 Å². The number of esters is 1. The fourth-order valence-corrected chi connectivity index (χ4v) is 1.48. The molecule has 3 nitrogen and oxygen atoms in total. The van der Waals surface area contributed by atoms with Crippen molar-refractivity contribution in [3.05, 3.63) is 35.1 Å². The highest BCUT2D eigenvalue weighted by molar-refractivity contribution is 5.76. The molecule has 1 N–H and O–H groups in total. The molecule has 0 aromatic heterocycles. The van der Waals surface area contributed by atoms with E-state index in [-0.39, 0.29) is 18.1 Å². The van der Waals surface area contributed by atoms with Crippen molar-refractivity contribution in [2.75, 3.05) is 6.61 Å². The molecule has 1 aromatic rings. The van der Waals surface area contributed by atoms with Crippen molar-refractivity contribution in [3.8, 4) is 0 Å². The third-order valence-corrected chi connectivity index (χ3v) is 2.43. The second-order valence-electron chi connectivity index (χ2n) is 4.13. The van der Waals surface area contributed by atoms with E-state index in [1.807, 2.05) is 13.8 Å². The van der Waals surface area contributed by atoms with E-state index in [2.05, 4.69) is 4.74 Å². The van der Waals surface area contributed by atoms with Crippen molar-refractivity contribution in [2.24, 2.45) is 0 Å². The van der Waals surface area contributed by atoms with Gasteiger partial charge in [0, 0.05) is 0 Å². The number of hydrogen-bond donors (Lipinski definition) is 1. The topological polar surface area (TPSA) is 46.5 Å². The van der Waals surface area contributed by atoms with Crippen LogP contribution in [0.15, 0.2) is 18.2 Å². The minimum Gasteiger partial charge on any atom is -0.464 e. The van der Waals surface area contributed by atoms with Gasteiger partial charge in [-0.1, -0.05) is 19.9 Å². The first-order chi connectivity index (χ1) is 7.95. The lowest BCUT2D eigenvalue weighted by atomic mass is 9.98. The molecule has 1 unspecified atom stereocenters. The Bertz CT molecular complexity index is 402. The number of hydrogen-bond acceptors (Lipinski definition) is 3. The first-order valence-corrected chi connectivity index (χ1v) is 5.60. The highest BCUT2D eigenvalue weighted by Gasteiger charge is 2.20. The first-order valence-electron chi connectivity index (χ1n) is 5.60. The maximum Gasteiger partial charge on any atom is 0.339 e. The molecule has 0 saturated heterocycles. The van der Waals surface area contributed by atoms with E-state index in [4.69, 9.17) is 0 Å². The van der Waals surface area contributed by atoms with Crippen molar-refractivity contribution in [2.45, 2.75) is 32.8 Å². The molecule has 1 rings (SSSR count). The predicted octanol–water partition coefficient (Wildman–Crippen LogP) is 2.55. The molecule has 0 aliphatic heterocycles. The third-order valence-electron chi connectivity index (χ3n) is 2.43. The predicted molar refractivity (Wildman–Crippen MR) is 62.1 cm³/mol. The fourth-order valence-electron chi connectivity index (χ4n) is 1.48. The van der Waals surface area contributed by atoms with E-state index in [9.17, 15) is 14.3 Å². The lowest BCUT2D eigenvalue weighted by molar-refractivity contribution is -0.153. The summed E-state index contributed by atoms with van der Waals surface area (Å²) >= 11 is 0. The van der Waals surface area contributed by atoms with Gasteiger partial charge in [0.2, 0.25) is 0 Å². The zero-order chi connectivity index (χ0) is 13.0. The van der Waals surface area contributed by atoms with Gasteiger partial charge in [0.25, 0.3) is 0 Å². The number of aliphatic hydroxyl groups excluding tert-OH is 1. The summed E-state index contributed by atoms with van der Waals surface area (Å²) in [6.45, 7) is 5.66. The Morgan fingerprint density at radius 3 is 2.47 bits per heavy atom. The molecule has 0 radical (unpaired) electrons. The Morgan fingerprint density at radius 2 is 1.94 bits per heavy atom. The number of halogens is 1. The number of ether oxygens (including phenoxy) is 1. The maximum atomic E-state index is 13.3. The molecule has 0 aliphatic rings. The second-order valence-corrected chi connectivity index (χ2v) is 4.13. The van der Waals surface area contributed by atoms with Gasteiger partial charge in [-0.2, -0.15) is 0 Å². The smallest absolute Gasteiger partial charge is 0.339 e. The Hall–Kier alpha value is -1.42. The van der Waals surface area contributed by atoms with Gasteiger partial charge in [-0.25, -0.2) is 9.18 Å². The second kappa shape index (κ2) is 5.77. The van der Waals surface area contributed by atoms with Crippen LogP contribution in [0, 0.1) is 5.82 Å². The molecule has 17 heavy (non-hydrogen) atoms. The Balaban J connectivity index is 3.01. The minimum absolute atomic E-state index is 0.124. The van der Waals surface area contributed by atoms with Crippen molar-refractivity contribution in [1.29, 1.82) is 0 Å². The SMILES string of the molecule is CCOC(=O)C(O)c1cc(F)cc(C(C)C)c1. The lowest BCUT2D eigenvalue weighted by Crippen LogP contribution is -2.15. The molecular formula is C13H17FO3. The number of aliphatic hydroxyl groups is 1. The van der Waals surface area contributed by atoms with Gasteiger partial charge in [0.1, 0.15) is 5.82 Å². The van der Waals surface area contributed by atoms with Crippen molar-refractivity contribution >= 4 is 5.97 Å². The summed E-state index contributed by atoms with van der Waals surface area (Å²) in [6, 6.07) is 4.16. The average Bonchev–Trinajstić information content (AvgIpc) is 2.27. The standard InChI is InChI=1S/C13H17FO3/c1-4-17-13(16)12(15)10-5-9(8(2)3)6-11(14)7-10/h5-8,12,15H,4H2,1-3H3. The molecule has 4 heteroatoms. The van der Waals surface area contributed by atoms with Gasteiger partial charge < -0.3 is 9.84 Å². The van der Waals surface area contributed by atoms with Crippen molar-refractivity contribution in [1.82, 2.24) is 0 Å². The first kappa shape index (κ1) is 13.6. The van der Waals surface area contributed by atoms with Crippen LogP contribution in [0.1, 0.15) is 43.9 Å². The summed E-state index contributed by atoms with van der Waals surface area (Å²) in [7, 11) is 0. The van der Waals surface area contributed by atoms with Crippen LogP contribution in [0.3, 0.4) is 0 Å². The number of rotatable bonds is 4. The maximum absolute atomic E-state index is 13.3. The highest BCUT2D eigenvalue weighted by Crippen LogP contribution is 2.22. The molecular weight excluding hydrogens is 223 g/mol. The quantitative estimate of drug-likeness (QED) is 0.823. The molecule has 0 aliphatic carbocycles. The summed E-state index contributed by atoms with van der Waals surface area (Å²) < 4.78 is 18.0. The summed E-state index contributed by atoms with van der Waals surface area (Å²) in [6.07, 6.45) is -1.43. The largest absolute Gasteiger partial charge is 0.464 e. The van der Waals surface area contributed by atoms with E-state index in [1.54, 1.807) is 13.0 Å². The Kier molecular flexibility index (Phi) is 4.63. The van der Waals surface area contributed by atoms with Crippen LogP contribution in [-0.2, 0) is 9.53 Å². The van der Waals surface area contributed by atoms with Crippen LogP contribution < -0.4 is 0 Å².